The number of carboxylic acids is 1. The fourth-order valence-electron chi connectivity index (χ4n) is 5.09. The lowest BCUT2D eigenvalue weighted by molar-refractivity contribution is -0.145. The number of carbonyl (C=O) groups excluding carboxylic acids is 1. The topological polar surface area (TPSA) is 121 Å². The van der Waals surface area contributed by atoms with E-state index in [-0.39, 0.29) is 17.7 Å². The quantitative estimate of drug-likeness (QED) is 0.136. The number of hydrogen-bond acceptors (Lipinski definition) is 6. The first kappa shape index (κ1) is 28.7. The molecule has 1 aliphatic heterocycles. The first-order valence-corrected chi connectivity index (χ1v) is 13.2. The van der Waals surface area contributed by atoms with Crippen molar-refractivity contribution in [3.05, 3.63) is 94.8 Å². The van der Waals surface area contributed by atoms with E-state index >= 15 is 0 Å². The molecule has 4 aromatic rings. The number of nitrogens with two attached hydrogens (primary N) is 1. The summed E-state index contributed by atoms with van der Waals surface area (Å²) in [4.78, 5) is 34.2. The number of halogens is 3. The van der Waals surface area contributed by atoms with Gasteiger partial charge in [0.05, 0.1) is 22.3 Å². The Balaban J connectivity index is 1.40. The second kappa shape index (κ2) is 12.0. The fraction of sp³-hybridized carbons (Fsp3) is 0.226. The molecule has 1 amide bonds. The molecular formula is C31H26F3N5O3. The first-order valence-electron chi connectivity index (χ1n) is 13.2. The van der Waals surface area contributed by atoms with Gasteiger partial charge in [0.2, 0.25) is 0 Å². The van der Waals surface area contributed by atoms with Crippen LogP contribution in [0.5, 0.6) is 0 Å². The predicted molar refractivity (Wildman–Crippen MR) is 150 cm³/mol. The number of aliphatic carboxylic acids is 1. The average molecular weight is 574 g/mol. The zero-order valence-electron chi connectivity index (χ0n) is 22.3. The van der Waals surface area contributed by atoms with Crippen LogP contribution in [-0.4, -0.2) is 44.4 Å². The Morgan fingerprint density at radius 3 is 2.50 bits per heavy atom. The van der Waals surface area contributed by atoms with Gasteiger partial charge in [-0.15, -0.1) is 0 Å². The molecule has 1 unspecified atom stereocenters. The van der Waals surface area contributed by atoms with Gasteiger partial charge in [-0.1, -0.05) is 36.5 Å². The largest absolute Gasteiger partial charge is 0.480 e. The summed E-state index contributed by atoms with van der Waals surface area (Å²) in [7, 11) is 0. The van der Waals surface area contributed by atoms with Gasteiger partial charge in [-0.05, 0) is 61.3 Å². The smallest absolute Gasteiger partial charge is 0.416 e. The molecule has 0 aliphatic carbocycles. The Morgan fingerprint density at radius 1 is 1.05 bits per heavy atom. The van der Waals surface area contributed by atoms with E-state index in [9.17, 15) is 27.9 Å². The molecule has 3 heterocycles. The molecule has 1 aliphatic rings. The third-order valence-corrected chi connectivity index (χ3v) is 7.21. The van der Waals surface area contributed by atoms with Crippen molar-refractivity contribution < 1.29 is 27.9 Å². The number of nitrogen functional groups attached to an aromatic ring is 1. The van der Waals surface area contributed by atoms with Crippen molar-refractivity contribution in [1.29, 1.82) is 0 Å². The average Bonchev–Trinajstić information content (AvgIpc) is 2.99. The molecule has 11 heteroatoms. The number of hydrogen-bond donors (Lipinski definition) is 3. The molecule has 1 atom stereocenters. The molecule has 1 fully saturated rings. The molecule has 0 spiro atoms. The number of carboxylic acid groups (broad SMARTS) is 1. The number of piperidine rings is 1. The standard InChI is InChI=1S/C31H26F3N5O3/c32-31(33,34)25-15-20(8-11-22(25)18-39-14-2-1-3-28(39)30(41)42)5-4-19-6-9-21(10-7-19)27-16-23(29(40)38-35)24-17-36-13-12-26(24)37-27/h6-13,15-17,28H,1-3,14,18,35H2,(H,38,40)(H,41,42). The van der Waals surface area contributed by atoms with Gasteiger partial charge in [-0.2, -0.15) is 13.2 Å². The highest BCUT2D eigenvalue weighted by molar-refractivity contribution is 6.06. The van der Waals surface area contributed by atoms with E-state index in [1.54, 1.807) is 47.5 Å². The molecule has 0 radical (unpaired) electrons. The number of carbonyl (C=O) groups is 2. The van der Waals surface area contributed by atoms with E-state index in [0.29, 0.717) is 46.3 Å². The molecule has 0 bridgehead atoms. The maximum absolute atomic E-state index is 14.0. The van der Waals surface area contributed by atoms with Gasteiger partial charge >= 0.3 is 12.1 Å². The zero-order valence-corrected chi connectivity index (χ0v) is 22.3. The van der Waals surface area contributed by atoms with Crippen LogP contribution in [-0.2, 0) is 17.5 Å². The Morgan fingerprint density at radius 2 is 1.79 bits per heavy atom. The number of aromatic nitrogens is 2. The molecule has 42 heavy (non-hydrogen) atoms. The maximum Gasteiger partial charge on any atom is 0.416 e. The number of amides is 1. The highest BCUT2D eigenvalue weighted by Gasteiger charge is 2.35. The SMILES string of the molecule is NNC(=O)c1cc(-c2ccc(C#Cc3ccc(CN4CCCCC4C(=O)O)c(C(F)(F)F)c3)cc2)nc2ccncc12. The normalized spacial score (nSPS) is 15.6. The molecule has 214 valence electrons. The van der Waals surface area contributed by atoms with Crippen molar-refractivity contribution in [3.63, 3.8) is 0 Å². The summed E-state index contributed by atoms with van der Waals surface area (Å²) < 4.78 is 41.9. The minimum atomic E-state index is -4.62. The van der Waals surface area contributed by atoms with E-state index in [1.165, 1.54) is 18.3 Å². The number of rotatable bonds is 5. The second-order valence-corrected chi connectivity index (χ2v) is 9.94. The van der Waals surface area contributed by atoms with Gasteiger partial charge in [0, 0.05) is 41.0 Å². The van der Waals surface area contributed by atoms with Crippen molar-refractivity contribution in [3.8, 4) is 23.1 Å². The maximum atomic E-state index is 14.0. The zero-order chi connectivity index (χ0) is 29.9. The number of benzene rings is 2. The Bertz CT molecular complexity index is 1710. The monoisotopic (exact) mass is 573 g/mol. The number of likely N-dealkylation sites (tertiary alicyclic amines) is 1. The summed E-state index contributed by atoms with van der Waals surface area (Å²) >= 11 is 0. The van der Waals surface area contributed by atoms with Crippen molar-refractivity contribution in [2.45, 2.75) is 38.0 Å². The molecule has 1 saturated heterocycles. The molecule has 8 nitrogen and oxygen atoms in total. The van der Waals surface area contributed by atoms with Gasteiger partial charge < -0.3 is 5.11 Å². The predicted octanol–water partition coefficient (Wildman–Crippen LogP) is 4.76. The third-order valence-electron chi connectivity index (χ3n) is 7.21. The number of fused-ring (bicyclic) bond motifs is 1. The van der Waals surface area contributed by atoms with E-state index in [0.717, 1.165) is 18.9 Å². The van der Waals surface area contributed by atoms with Crippen LogP contribution in [0.3, 0.4) is 0 Å². The summed E-state index contributed by atoms with van der Waals surface area (Å²) in [5, 5.41) is 10.0. The minimum Gasteiger partial charge on any atom is -0.480 e. The summed E-state index contributed by atoms with van der Waals surface area (Å²) in [6.07, 6.45) is 0.374. The summed E-state index contributed by atoms with van der Waals surface area (Å²) in [6.45, 7) is 0.328. The van der Waals surface area contributed by atoms with Crippen LogP contribution in [0.25, 0.3) is 22.2 Å². The lowest BCUT2D eigenvalue weighted by atomic mass is 9.98. The van der Waals surface area contributed by atoms with Gasteiger partial charge in [-0.25, -0.2) is 10.8 Å². The summed E-state index contributed by atoms with van der Waals surface area (Å²) in [5.41, 5.74) is 4.18. The lowest BCUT2D eigenvalue weighted by Gasteiger charge is -2.33. The molecule has 4 N–H and O–H groups in total. The van der Waals surface area contributed by atoms with Gasteiger partial charge in [0.1, 0.15) is 6.04 Å². The highest BCUT2D eigenvalue weighted by atomic mass is 19.4. The van der Waals surface area contributed by atoms with Crippen molar-refractivity contribution in [1.82, 2.24) is 20.3 Å². The van der Waals surface area contributed by atoms with Crippen LogP contribution >= 0.6 is 0 Å². The van der Waals surface area contributed by atoms with E-state index in [1.807, 2.05) is 0 Å². The van der Waals surface area contributed by atoms with E-state index < -0.39 is 29.7 Å². The Labute approximate surface area is 239 Å². The van der Waals surface area contributed by atoms with Crippen LogP contribution in [0.15, 0.2) is 67.0 Å². The van der Waals surface area contributed by atoms with Crippen LogP contribution in [0.2, 0.25) is 0 Å². The lowest BCUT2D eigenvalue weighted by Crippen LogP contribution is -2.44. The molecule has 2 aromatic carbocycles. The molecule has 0 saturated carbocycles. The number of hydrazine groups is 1. The van der Waals surface area contributed by atoms with E-state index in [4.69, 9.17) is 5.84 Å². The number of alkyl halides is 3. The Hall–Kier alpha value is -4.79. The first-order chi connectivity index (χ1) is 20.1. The highest BCUT2D eigenvalue weighted by Crippen LogP contribution is 2.34. The Kier molecular flexibility index (Phi) is 8.20. The van der Waals surface area contributed by atoms with Gasteiger partial charge in [0.15, 0.2) is 0 Å². The number of pyridine rings is 2. The fourth-order valence-corrected chi connectivity index (χ4v) is 5.09. The molecule has 2 aromatic heterocycles. The van der Waals surface area contributed by atoms with Crippen LogP contribution < -0.4 is 11.3 Å². The second-order valence-electron chi connectivity index (χ2n) is 9.94. The minimum absolute atomic E-state index is 0.0203. The molecular weight excluding hydrogens is 547 g/mol. The van der Waals surface area contributed by atoms with E-state index in [2.05, 4.69) is 27.2 Å². The van der Waals surface area contributed by atoms with Crippen LogP contribution in [0, 0.1) is 11.8 Å². The van der Waals surface area contributed by atoms with Gasteiger partial charge in [0.25, 0.3) is 5.91 Å². The van der Waals surface area contributed by atoms with Crippen molar-refractivity contribution in [2.75, 3.05) is 6.54 Å². The van der Waals surface area contributed by atoms with Crippen molar-refractivity contribution >= 4 is 22.8 Å². The number of nitrogens with zero attached hydrogens (tertiary/aromatic N) is 3. The van der Waals surface area contributed by atoms with Crippen LogP contribution in [0.1, 0.15) is 51.9 Å². The third kappa shape index (κ3) is 6.25. The van der Waals surface area contributed by atoms with Crippen LogP contribution in [0.4, 0.5) is 13.2 Å². The molecule has 5 rings (SSSR count). The summed E-state index contributed by atoms with van der Waals surface area (Å²) in [6, 6.07) is 13.3. The van der Waals surface area contributed by atoms with Crippen molar-refractivity contribution in [2.24, 2.45) is 5.84 Å². The summed E-state index contributed by atoms with van der Waals surface area (Å²) in [5.74, 6) is 9.53. The van der Waals surface area contributed by atoms with Gasteiger partial charge in [-0.3, -0.25) is 24.9 Å². The number of nitrogens with one attached hydrogen (secondary N) is 1.